The average molecular weight is 315 g/mol. The summed E-state index contributed by atoms with van der Waals surface area (Å²) in [5, 5.41) is 3.19. The molecule has 6 nitrogen and oxygen atoms in total. The second-order valence-corrected chi connectivity index (χ2v) is 7.17. The number of ether oxygens (including phenoxy) is 1. The average Bonchev–Trinajstić information content (AvgIpc) is 2.44. The van der Waals surface area contributed by atoms with Gasteiger partial charge in [-0.1, -0.05) is 0 Å². The van der Waals surface area contributed by atoms with Gasteiger partial charge in [-0.05, 0) is 37.5 Å². The van der Waals surface area contributed by atoms with Gasteiger partial charge >= 0.3 is 0 Å². The predicted octanol–water partition coefficient (Wildman–Crippen LogP) is 1.75. The molecule has 120 valence electrons. The fourth-order valence-electron chi connectivity index (χ4n) is 1.83. The van der Waals surface area contributed by atoms with E-state index in [1.165, 1.54) is 24.5 Å². The summed E-state index contributed by atoms with van der Waals surface area (Å²) in [7, 11) is 1.27. The highest BCUT2D eigenvalue weighted by Gasteiger charge is 2.18. The molecule has 3 N–H and O–H groups in total. The number of methoxy groups -OCH3 is 1. The van der Waals surface area contributed by atoms with Crippen LogP contribution >= 0.6 is 0 Å². The van der Waals surface area contributed by atoms with E-state index in [2.05, 4.69) is 5.32 Å². The zero-order chi connectivity index (χ0) is 15.9. The van der Waals surface area contributed by atoms with Crippen molar-refractivity contribution in [2.45, 2.75) is 24.2 Å². The minimum atomic E-state index is -3.44. The lowest BCUT2D eigenvalue weighted by molar-refractivity contribution is 0.192. The number of nitrogen functional groups attached to an aromatic ring is 1. The van der Waals surface area contributed by atoms with E-state index in [9.17, 15) is 8.42 Å². The van der Waals surface area contributed by atoms with Gasteiger partial charge in [-0.3, -0.25) is 0 Å². The van der Waals surface area contributed by atoms with Gasteiger partial charge in [0.2, 0.25) is 10.0 Å². The number of nitrogens with zero attached hydrogens (tertiary/aromatic N) is 1. The maximum absolute atomic E-state index is 12.1. The highest BCUT2D eigenvalue weighted by atomic mass is 32.2. The van der Waals surface area contributed by atoms with Crippen LogP contribution in [-0.4, -0.2) is 47.1 Å². The van der Waals surface area contributed by atoms with Gasteiger partial charge in [-0.2, -0.15) is 0 Å². The molecule has 0 radical (unpaired) electrons. The number of hydrogen-bond donors (Lipinski definition) is 2. The Morgan fingerprint density at radius 2 is 1.95 bits per heavy atom. The molecule has 0 fully saturated rings. The van der Waals surface area contributed by atoms with Crippen molar-refractivity contribution in [2.75, 3.05) is 45.4 Å². The van der Waals surface area contributed by atoms with Gasteiger partial charge in [0, 0.05) is 34.4 Å². The summed E-state index contributed by atoms with van der Waals surface area (Å²) in [5.41, 5.74) is 7.08. The first-order valence-electron chi connectivity index (χ1n) is 6.94. The molecule has 1 aromatic carbocycles. The molecular formula is C14H25N3O3S. The number of nitrogens with one attached hydrogen (secondary N) is 1. The molecular weight excluding hydrogens is 290 g/mol. The first-order valence-corrected chi connectivity index (χ1v) is 8.38. The van der Waals surface area contributed by atoms with Crippen molar-refractivity contribution < 1.29 is 13.2 Å². The summed E-state index contributed by atoms with van der Waals surface area (Å²) in [6, 6.07) is 4.72. The maximum atomic E-state index is 12.1. The van der Waals surface area contributed by atoms with Gasteiger partial charge < -0.3 is 15.8 Å². The van der Waals surface area contributed by atoms with Crippen LogP contribution in [0, 0.1) is 0 Å². The first kappa shape index (κ1) is 17.7. The SMILES string of the molecule is COCCCCCNc1cc(S(=O)(=O)N(C)C)ccc1N. The summed E-state index contributed by atoms with van der Waals surface area (Å²) >= 11 is 0. The van der Waals surface area contributed by atoms with Crippen LogP contribution in [0.25, 0.3) is 0 Å². The maximum Gasteiger partial charge on any atom is 0.242 e. The topological polar surface area (TPSA) is 84.7 Å². The summed E-state index contributed by atoms with van der Waals surface area (Å²) in [6.07, 6.45) is 3.05. The monoisotopic (exact) mass is 315 g/mol. The van der Waals surface area contributed by atoms with Crippen molar-refractivity contribution >= 4 is 21.4 Å². The van der Waals surface area contributed by atoms with E-state index in [0.717, 1.165) is 32.4 Å². The Labute approximate surface area is 127 Å². The lowest BCUT2D eigenvalue weighted by Crippen LogP contribution is -2.22. The van der Waals surface area contributed by atoms with Crippen LogP contribution in [0.3, 0.4) is 0 Å². The Bertz CT molecular complexity index is 544. The molecule has 0 saturated carbocycles. The number of sulfonamides is 1. The number of nitrogens with two attached hydrogens (primary N) is 1. The van der Waals surface area contributed by atoms with E-state index in [4.69, 9.17) is 10.5 Å². The fraction of sp³-hybridized carbons (Fsp3) is 0.571. The number of unbranched alkanes of at least 4 members (excludes halogenated alkanes) is 2. The van der Waals surface area contributed by atoms with E-state index in [1.54, 1.807) is 19.2 Å². The highest BCUT2D eigenvalue weighted by molar-refractivity contribution is 7.89. The van der Waals surface area contributed by atoms with Crippen LogP contribution < -0.4 is 11.1 Å². The Morgan fingerprint density at radius 1 is 1.24 bits per heavy atom. The van der Waals surface area contributed by atoms with Gasteiger partial charge in [0.05, 0.1) is 16.3 Å². The van der Waals surface area contributed by atoms with Gasteiger partial charge in [0.15, 0.2) is 0 Å². The Morgan fingerprint density at radius 3 is 2.57 bits per heavy atom. The van der Waals surface area contributed by atoms with Crippen molar-refractivity contribution in [3.63, 3.8) is 0 Å². The Balaban J connectivity index is 2.67. The van der Waals surface area contributed by atoms with Crippen molar-refractivity contribution in [3.05, 3.63) is 18.2 Å². The van der Waals surface area contributed by atoms with E-state index >= 15 is 0 Å². The Kier molecular flexibility index (Phi) is 6.94. The molecule has 0 atom stereocenters. The van der Waals surface area contributed by atoms with E-state index in [-0.39, 0.29) is 4.90 Å². The molecule has 0 aliphatic rings. The molecule has 7 heteroatoms. The zero-order valence-corrected chi connectivity index (χ0v) is 13.7. The number of rotatable bonds is 9. The molecule has 0 bridgehead atoms. The zero-order valence-electron chi connectivity index (χ0n) is 12.9. The van der Waals surface area contributed by atoms with E-state index in [1.807, 2.05) is 0 Å². The van der Waals surface area contributed by atoms with E-state index < -0.39 is 10.0 Å². The normalized spacial score (nSPS) is 11.8. The van der Waals surface area contributed by atoms with Crippen LogP contribution in [-0.2, 0) is 14.8 Å². The summed E-state index contributed by atoms with van der Waals surface area (Å²) in [5.74, 6) is 0. The third-order valence-corrected chi connectivity index (χ3v) is 4.96. The minimum Gasteiger partial charge on any atom is -0.397 e. The van der Waals surface area contributed by atoms with Crippen LogP contribution in [0.15, 0.2) is 23.1 Å². The van der Waals surface area contributed by atoms with Crippen LogP contribution in [0.2, 0.25) is 0 Å². The smallest absolute Gasteiger partial charge is 0.242 e. The molecule has 21 heavy (non-hydrogen) atoms. The largest absolute Gasteiger partial charge is 0.397 e. The second-order valence-electron chi connectivity index (χ2n) is 5.02. The standard InChI is InChI=1S/C14H25N3O3S/c1-17(2)21(18,19)12-7-8-13(15)14(11-12)16-9-5-4-6-10-20-3/h7-8,11,16H,4-6,9-10,15H2,1-3H3. The van der Waals surface area contributed by atoms with Crippen molar-refractivity contribution in [1.29, 1.82) is 0 Å². The quantitative estimate of drug-likeness (QED) is 0.536. The van der Waals surface area contributed by atoms with Crippen LogP contribution in [0.5, 0.6) is 0 Å². The van der Waals surface area contributed by atoms with Gasteiger partial charge in [0.1, 0.15) is 0 Å². The molecule has 0 saturated heterocycles. The lowest BCUT2D eigenvalue weighted by Gasteiger charge is -2.14. The molecule has 1 rings (SSSR count). The number of benzene rings is 1. The predicted molar refractivity (Wildman–Crippen MR) is 85.9 cm³/mol. The molecule has 0 heterocycles. The minimum absolute atomic E-state index is 0.239. The van der Waals surface area contributed by atoms with Gasteiger partial charge in [0.25, 0.3) is 0 Å². The van der Waals surface area contributed by atoms with Crippen LogP contribution in [0.1, 0.15) is 19.3 Å². The third kappa shape index (κ3) is 5.18. The van der Waals surface area contributed by atoms with Crippen LogP contribution in [0.4, 0.5) is 11.4 Å². The molecule has 0 aliphatic carbocycles. The molecule has 0 aromatic heterocycles. The van der Waals surface area contributed by atoms with Crippen molar-refractivity contribution in [2.24, 2.45) is 0 Å². The van der Waals surface area contributed by atoms with E-state index in [0.29, 0.717) is 11.4 Å². The first-order chi connectivity index (χ1) is 9.89. The number of anilines is 2. The summed E-state index contributed by atoms with van der Waals surface area (Å²) < 4.78 is 30.4. The molecule has 0 aliphatic heterocycles. The third-order valence-electron chi connectivity index (χ3n) is 3.14. The molecule has 0 spiro atoms. The lowest BCUT2D eigenvalue weighted by atomic mass is 10.2. The highest BCUT2D eigenvalue weighted by Crippen LogP contribution is 2.24. The summed E-state index contributed by atoms with van der Waals surface area (Å²) in [6.45, 7) is 1.51. The second kappa shape index (κ2) is 8.21. The fourth-order valence-corrected chi connectivity index (χ4v) is 2.76. The van der Waals surface area contributed by atoms with Gasteiger partial charge in [-0.25, -0.2) is 12.7 Å². The molecule has 1 aromatic rings. The number of hydrogen-bond acceptors (Lipinski definition) is 5. The van der Waals surface area contributed by atoms with Crippen molar-refractivity contribution in [3.8, 4) is 0 Å². The summed E-state index contributed by atoms with van der Waals surface area (Å²) in [4.78, 5) is 0.239. The molecule has 0 amide bonds. The van der Waals surface area contributed by atoms with Gasteiger partial charge in [-0.15, -0.1) is 0 Å². The Hall–Kier alpha value is -1.31. The molecule has 0 unspecified atom stereocenters. The van der Waals surface area contributed by atoms with Crippen molar-refractivity contribution in [1.82, 2.24) is 4.31 Å².